The Kier molecular flexibility index (Phi) is 17.1. The molecule has 0 radical (unpaired) electrons. The summed E-state index contributed by atoms with van der Waals surface area (Å²) in [5, 5.41) is 6.48. The van der Waals surface area contributed by atoms with Gasteiger partial charge in [0.25, 0.3) is 0 Å². The predicted molar refractivity (Wildman–Crippen MR) is 312 cm³/mol. The van der Waals surface area contributed by atoms with Crippen LogP contribution in [0.5, 0.6) is 5.75 Å². The smallest absolute Gasteiger partial charge is 0.407 e. The van der Waals surface area contributed by atoms with Crippen molar-refractivity contribution in [1.29, 1.82) is 0 Å². The number of rotatable bonds is 12. The molecule has 4 aliphatic heterocycles. The Bertz CT molecular complexity index is 3190. The molecular formula is C56H72FN9O8S4. The summed E-state index contributed by atoms with van der Waals surface area (Å²) >= 11 is 1.73. The highest BCUT2D eigenvalue weighted by Crippen LogP contribution is 2.51. The van der Waals surface area contributed by atoms with Crippen LogP contribution < -0.4 is 15.4 Å². The van der Waals surface area contributed by atoms with Crippen LogP contribution in [0.1, 0.15) is 139 Å². The highest BCUT2D eigenvalue weighted by atomic mass is 32.1. The van der Waals surface area contributed by atoms with Gasteiger partial charge in [0.2, 0.25) is 18.0 Å². The lowest BCUT2D eigenvalue weighted by Crippen LogP contribution is -2.57. The largest absolute Gasteiger partial charge is 0.464 e. The van der Waals surface area contributed by atoms with Crippen LogP contribution in [0.2, 0.25) is 0 Å². The van der Waals surface area contributed by atoms with E-state index in [-0.39, 0.29) is 76.2 Å². The molecule has 78 heavy (non-hydrogen) atoms. The first-order valence-corrected chi connectivity index (χ1v) is 27.1. The molecule has 1 aliphatic carbocycles. The Balaban J connectivity index is 0.00000268. The summed E-state index contributed by atoms with van der Waals surface area (Å²) in [6, 6.07) is 13.6. The molecule has 11 rings (SSSR count). The number of H-pyrrole nitrogens is 2. The number of carbonyl (C=O) groups is 4. The molecular weight excluding hydrogens is 1070 g/mol. The fraction of sp³-hybridized carbons (Fsp3) is 0.500. The van der Waals surface area contributed by atoms with Crippen LogP contribution >= 0.6 is 51.8 Å². The van der Waals surface area contributed by atoms with E-state index in [1.54, 1.807) is 28.6 Å². The van der Waals surface area contributed by atoms with Crippen molar-refractivity contribution in [2.24, 2.45) is 11.8 Å². The first kappa shape index (κ1) is 58.5. The second kappa shape index (κ2) is 22.8. The average molecular weight is 1150 g/mol. The Morgan fingerprint density at radius 1 is 0.756 bits per heavy atom. The van der Waals surface area contributed by atoms with Gasteiger partial charge in [0.1, 0.15) is 35.3 Å². The monoisotopic (exact) mass is 1150 g/mol. The van der Waals surface area contributed by atoms with E-state index in [0.29, 0.717) is 84.6 Å². The number of amides is 4. The van der Waals surface area contributed by atoms with Gasteiger partial charge in [-0.15, -0.1) is 11.3 Å². The van der Waals surface area contributed by atoms with Crippen molar-refractivity contribution in [3.63, 3.8) is 0 Å². The molecule has 0 bridgehead atoms. The Morgan fingerprint density at radius 3 is 1.95 bits per heavy atom. The third kappa shape index (κ3) is 11.2. The molecule has 3 saturated heterocycles. The predicted octanol–water partition coefficient (Wildman–Crippen LogP) is 10.9. The van der Waals surface area contributed by atoms with Crippen molar-refractivity contribution in [3.8, 4) is 39.5 Å². The van der Waals surface area contributed by atoms with Crippen molar-refractivity contribution in [2.75, 3.05) is 27.3 Å². The number of carbonyl (C=O) groups excluding carboxylic acids is 4. The number of methoxy groups -OCH3 is 2. The van der Waals surface area contributed by atoms with Crippen molar-refractivity contribution < 1.29 is 42.5 Å². The quantitative estimate of drug-likeness (QED) is 0.0915. The summed E-state index contributed by atoms with van der Waals surface area (Å²) in [5.41, 5.74) is 3.68. The van der Waals surface area contributed by atoms with Gasteiger partial charge in [0, 0.05) is 34.5 Å². The number of benzene rings is 2. The third-order valence-corrected chi connectivity index (χ3v) is 16.9. The molecule has 6 aromatic rings. The SMILES string of the molecule is COC(=O)NC(C(=O)N1CCC[C@H]1c1ncc(-c2ccc3c(c2)cc2n3C(c3ccc(C4CC4)s3)Oc3cc(-c4cnc([C@@H]5CCCN5C(=O)[C@@H](NC(=O)OC)C(C)C)[nH]4)cc(F)c3-2)[nH]1)C1CC(C)(C)OC(C)(C)C1.S.S.S. The van der Waals surface area contributed by atoms with Crippen molar-refractivity contribution in [1.82, 2.24) is 44.9 Å². The van der Waals surface area contributed by atoms with Crippen LogP contribution in [0.25, 0.3) is 44.7 Å². The Morgan fingerprint density at radius 2 is 1.35 bits per heavy atom. The molecule has 0 spiro atoms. The van der Waals surface area contributed by atoms with Crippen LogP contribution in [0.3, 0.4) is 0 Å². The fourth-order valence-corrected chi connectivity index (χ4v) is 13.5. The van der Waals surface area contributed by atoms with Gasteiger partial charge in [0.05, 0.1) is 82.9 Å². The van der Waals surface area contributed by atoms with E-state index in [9.17, 15) is 19.2 Å². The number of hydrogen-bond donors (Lipinski definition) is 4. The lowest BCUT2D eigenvalue weighted by molar-refractivity contribution is -0.178. The first-order chi connectivity index (χ1) is 35.9. The molecule has 2 unspecified atom stereocenters. The third-order valence-electron chi connectivity index (χ3n) is 15.7. The summed E-state index contributed by atoms with van der Waals surface area (Å²) in [4.78, 5) is 75.9. The molecule has 5 atom stereocenters. The van der Waals surface area contributed by atoms with Gasteiger partial charge in [-0.3, -0.25) is 14.2 Å². The zero-order valence-corrected chi connectivity index (χ0v) is 49.1. The van der Waals surface area contributed by atoms with Crippen molar-refractivity contribution in [2.45, 2.75) is 140 Å². The number of likely N-dealkylation sites (tertiary alicyclic amines) is 2. The number of fused-ring (bicyclic) bond motifs is 5. The van der Waals surface area contributed by atoms with E-state index in [2.05, 4.69) is 43.4 Å². The number of ether oxygens (including phenoxy) is 4. The minimum atomic E-state index is -0.810. The molecule has 17 nitrogen and oxygen atoms in total. The zero-order chi connectivity index (χ0) is 52.7. The van der Waals surface area contributed by atoms with Crippen molar-refractivity contribution in [3.05, 3.63) is 88.1 Å². The van der Waals surface area contributed by atoms with Crippen LogP contribution in [0.15, 0.2) is 60.9 Å². The van der Waals surface area contributed by atoms with Gasteiger partial charge in [0.15, 0.2) is 0 Å². The molecule has 5 aliphatic rings. The number of thiophene rings is 1. The van der Waals surface area contributed by atoms with E-state index in [1.165, 1.54) is 25.2 Å². The fourth-order valence-electron chi connectivity index (χ4n) is 12.3. The molecule has 2 aromatic carbocycles. The van der Waals surface area contributed by atoms with E-state index >= 15 is 4.39 Å². The summed E-state index contributed by atoms with van der Waals surface area (Å²) in [7, 11) is 2.58. The highest BCUT2D eigenvalue weighted by molar-refractivity contribution is 7.59. The maximum absolute atomic E-state index is 17.0. The second-order valence-corrected chi connectivity index (χ2v) is 23.6. The molecule has 22 heteroatoms. The van der Waals surface area contributed by atoms with Gasteiger partial charge in [-0.1, -0.05) is 19.9 Å². The van der Waals surface area contributed by atoms with Gasteiger partial charge in [-0.25, -0.2) is 23.9 Å². The number of halogens is 1. The van der Waals surface area contributed by atoms with E-state index < -0.39 is 47.5 Å². The van der Waals surface area contributed by atoms with Crippen LogP contribution in [0.4, 0.5) is 14.0 Å². The molecule has 4 fully saturated rings. The molecule has 4 N–H and O–H groups in total. The number of aromatic amines is 2. The minimum absolute atomic E-state index is 0. The molecule has 420 valence electrons. The number of aromatic nitrogens is 5. The Hall–Kier alpha value is -5.68. The van der Waals surface area contributed by atoms with Crippen LogP contribution in [-0.2, 0) is 23.8 Å². The van der Waals surface area contributed by atoms with Gasteiger partial charge in [-0.2, -0.15) is 40.5 Å². The first-order valence-electron chi connectivity index (χ1n) is 26.2. The summed E-state index contributed by atoms with van der Waals surface area (Å²) < 4.78 is 42.2. The Labute approximate surface area is 478 Å². The maximum Gasteiger partial charge on any atom is 0.407 e. The molecule has 4 amide bonds. The molecule has 4 aromatic heterocycles. The van der Waals surface area contributed by atoms with E-state index in [4.69, 9.17) is 28.9 Å². The summed E-state index contributed by atoms with van der Waals surface area (Å²) in [5.74, 6) is 0.984. The minimum Gasteiger partial charge on any atom is -0.464 e. The number of alkyl carbamates (subject to hydrolysis) is 2. The summed E-state index contributed by atoms with van der Waals surface area (Å²) in [6.07, 6.45) is 7.99. The number of hydrogen-bond acceptors (Lipinski definition) is 11. The topological polar surface area (TPSA) is 198 Å². The molecule has 1 saturated carbocycles. The number of imidazole rings is 2. The molecule has 8 heterocycles. The highest BCUT2D eigenvalue weighted by Gasteiger charge is 2.47. The lowest BCUT2D eigenvalue weighted by atomic mass is 9.76. The second-order valence-electron chi connectivity index (χ2n) is 22.5. The number of nitrogens with one attached hydrogen (secondary N) is 4. The van der Waals surface area contributed by atoms with Crippen LogP contribution in [0, 0.1) is 17.7 Å². The van der Waals surface area contributed by atoms with Gasteiger partial charge in [-0.05, 0) is 139 Å². The lowest BCUT2D eigenvalue weighted by Gasteiger charge is -2.47. The number of nitrogens with zero attached hydrogens (tertiary/aromatic N) is 5. The van der Waals surface area contributed by atoms with Gasteiger partial charge < -0.3 is 49.3 Å². The zero-order valence-electron chi connectivity index (χ0n) is 45.3. The van der Waals surface area contributed by atoms with Crippen LogP contribution in [-0.4, -0.2) is 109 Å². The standard InChI is InChI=1S/C56H66FN9O8S.3H2S/c1-29(2)46(62-53(69)71-7)50(67)64-19-9-11-39(64)49-59-28-37(61-49)32-22-35(57)45-41-23-33-21-31(15-16-38(33)66(41)52(73-42(45)24-32)44-18-17-43(75-44)30-13-14-30)36-27-58-48(60-36)40-12-10-20-65(40)51(68)47(63-54(70)72-8)34-25-55(3,4)74-56(5,6)26-34;;;/h15-18,21-24,27-30,34,39-40,46-47,52H,9-14,19-20,25-26H2,1-8H3,(H,58,60)(H,59,61)(H,62,69)(H,63,70);3*1H2/t39-,40-,46-,47?,52?;;;/m0.../s1. The normalized spacial score (nSPS) is 21.0. The van der Waals surface area contributed by atoms with Gasteiger partial charge >= 0.3 is 12.2 Å². The van der Waals surface area contributed by atoms with E-state index in [0.717, 1.165) is 52.7 Å². The maximum atomic E-state index is 17.0. The summed E-state index contributed by atoms with van der Waals surface area (Å²) in [6.45, 7) is 12.9. The van der Waals surface area contributed by atoms with E-state index in [1.807, 2.05) is 70.7 Å². The van der Waals surface area contributed by atoms with Crippen molar-refractivity contribution >= 4 is 86.7 Å². The average Bonchev–Trinajstić information content (AvgIpc) is 4.25.